The zero-order chi connectivity index (χ0) is 22.2. The van der Waals surface area contributed by atoms with Crippen LogP contribution < -0.4 is 5.73 Å². The molecule has 0 radical (unpaired) electrons. The second-order valence-electron chi connectivity index (χ2n) is 8.84. The molecule has 0 amide bonds. The Hall–Kier alpha value is -2.75. The van der Waals surface area contributed by atoms with Crippen LogP contribution in [-0.2, 0) is 0 Å². The lowest BCUT2D eigenvalue weighted by molar-refractivity contribution is 0.0457. The third kappa shape index (κ3) is 4.15. The second kappa shape index (κ2) is 8.65. The van der Waals surface area contributed by atoms with Gasteiger partial charge in [0.1, 0.15) is 5.15 Å². The predicted molar refractivity (Wildman–Crippen MR) is 126 cm³/mol. The van der Waals surface area contributed by atoms with Gasteiger partial charge in [-0.15, -0.1) is 5.10 Å². The van der Waals surface area contributed by atoms with E-state index in [4.69, 9.17) is 17.3 Å². The van der Waals surface area contributed by atoms with Gasteiger partial charge in [0, 0.05) is 61.9 Å². The molecule has 9 nitrogen and oxygen atoms in total. The van der Waals surface area contributed by atoms with Crippen molar-refractivity contribution in [2.45, 2.75) is 25.8 Å². The number of anilines is 1. The molecule has 32 heavy (non-hydrogen) atoms. The minimum absolute atomic E-state index is 0.228. The summed E-state index contributed by atoms with van der Waals surface area (Å²) < 4.78 is 3.40. The monoisotopic (exact) mass is 453 g/mol. The van der Waals surface area contributed by atoms with Crippen molar-refractivity contribution in [3.8, 4) is 11.1 Å². The topological polar surface area (TPSA) is 92.9 Å². The van der Waals surface area contributed by atoms with Crippen LogP contribution in [0.25, 0.3) is 22.4 Å². The Balaban J connectivity index is 0.000000154. The van der Waals surface area contributed by atoms with Gasteiger partial charge in [0.05, 0.1) is 17.9 Å². The number of imidazole rings is 1. The van der Waals surface area contributed by atoms with Gasteiger partial charge in [0.2, 0.25) is 11.7 Å². The minimum Gasteiger partial charge on any atom is -0.367 e. The van der Waals surface area contributed by atoms with Crippen molar-refractivity contribution < 1.29 is 0 Å². The molecular weight excluding hydrogens is 426 g/mol. The molecule has 10 heteroatoms. The van der Waals surface area contributed by atoms with Crippen LogP contribution in [0.15, 0.2) is 37.1 Å². The van der Waals surface area contributed by atoms with E-state index in [0.717, 1.165) is 28.6 Å². The van der Waals surface area contributed by atoms with Gasteiger partial charge in [-0.3, -0.25) is 9.30 Å². The van der Waals surface area contributed by atoms with E-state index in [0.29, 0.717) is 10.9 Å². The third-order valence-electron chi connectivity index (χ3n) is 6.47. The normalized spacial score (nSPS) is 22.0. The lowest BCUT2D eigenvalue weighted by Crippen LogP contribution is -2.52. The number of nitrogens with zero attached hydrogens (tertiary/aromatic N) is 8. The zero-order valence-electron chi connectivity index (χ0n) is 18.4. The molecule has 2 aliphatic rings. The third-order valence-corrected chi connectivity index (χ3v) is 6.75. The summed E-state index contributed by atoms with van der Waals surface area (Å²) in [4.78, 5) is 17.5. The molecule has 0 atom stereocenters. The number of nitrogen functional groups attached to an aromatic ring is 1. The van der Waals surface area contributed by atoms with Crippen molar-refractivity contribution in [2.75, 3.05) is 39.0 Å². The van der Waals surface area contributed by atoms with Crippen LogP contribution in [0.3, 0.4) is 0 Å². The number of piperazine rings is 1. The molecule has 1 saturated heterocycles. The maximum Gasteiger partial charge on any atom is 0.238 e. The van der Waals surface area contributed by atoms with Gasteiger partial charge >= 0.3 is 0 Å². The van der Waals surface area contributed by atoms with E-state index in [1.54, 1.807) is 27.5 Å². The zero-order valence-corrected chi connectivity index (χ0v) is 19.2. The number of rotatable bonds is 2. The summed E-state index contributed by atoms with van der Waals surface area (Å²) in [6, 6.07) is 2.87. The van der Waals surface area contributed by atoms with Crippen LogP contribution >= 0.6 is 11.6 Å². The molecule has 4 aromatic heterocycles. The Morgan fingerprint density at radius 3 is 2.53 bits per heavy atom. The summed E-state index contributed by atoms with van der Waals surface area (Å²) in [7, 11) is 2.22. The second-order valence-corrected chi connectivity index (χ2v) is 9.23. The molecule has 1 saturated carbocycles. The first-order valence-electron chi connectivity index (χ1n) is 11.0. The molecule has 4 aromatic rings. The summed E-state index contributed by atoms with van der Waals surface area (Å²) in [5.74, 6) is 1.78. The van der Waals surface area contributed by atoms with Crippen molar-refractivity contribution in [3.63, 3.8) is 0 Å². The molecule has 168 valence electrons. The molecule has 6 rings (SSSR count). The van der Waals surface area contributed by atoms with Crippen LogP contribution in [0.5, 0.6) is 0 Å². The number of likely N-dealkylation sites (N-methyl/N-ethyl adjacent to an activating group) is 1. The summed E-state index contributed by atoms with van der Waals surface area (Å²) in [5.41, 5.74) is 8.26. The van der Waals surface area contributed by atoms with Crippen molar-refractivity contribution in [1.29, 1.82) is 0 Å². The number of hydrogen-bond donors (Lipinski definition) is 1. The fourth-order valence-corrected chi connectivity index (χ4v) is 4.66. The molecule has 2 N–H and O–H groups in total. The quantitative estimate of drug-likeness (QED) is 0.498. The van der Waals surface area contributed by atoms with E-state index >= 15 is 0 Å². The van der Waals surface area contributed by atoms with Crippen LogP contribution in [0.4, 0.5) is 5.95 Å². The summed E-state index contributed by atoms with van der Waals surface area (Å²) >= 11 is 6.06. The molecule has 0 bridgehead atoms. The SMILES string of the molecule is CC1CC(N2CCN(C)CC2)C1.Nc1ncc2c(-c3cnc4ncc(Cl)n4c3)ccn2n1. The Kier molecular flexibility index (Phi) is 5.71. The first-order chi connectivity index (χ1) is 15.5. The molecule has 0 spiro atoms. The number of nitrogens with two attached hydrogens (primary N) is 1. The van der Waals surface area contributed by atoms with Gasteiger partial charge in [-0.1, -0.05) is 18.5 Å². The first-order valence-corrected chi connectivity index (χ1v) is 11.4. The maximum atomic E-state index is 6.06. The fourth-order valence-electron chi connectivity index (χ4n) is 4.49. The van der Waals surface area contributed by atoms with Crippen LogP contribution in [0.1, 0.15) is 19.8 Å². The first kappa shape index (κ1) is 21.1. The van der Waals surface area contributed by atoms with Gasteiger partial charge < -0.3 is 10.6 Å². The Morgan fingerprint density at radius 1 is 1.03 bits per heavy atom. The lowest BCUT2D eigenvalue weighted by atomic mass is 9.80. The van der Waals surface area contributed by atoms with Gasteiger partial charge in [-0.2, -0.15) is 0 Å². The Labute approximate surface area is 191 Å². The van der Waals surface area contributed by atoms with E-state index in [2.05, 4.69) is 43.8 Å². The smallest absolute Gasteiger partial charge is 0.238 e. The van der Waals surface area contributed by atoms with Gasteiger partial charge in [-0.05, 0) is 31.9 Å². The summed E-state index contributed by atoms with van der Waals surface area (Å²) in [5, 5.41) is 4.62. The Morgan fingerprint density at radius 2 is 1.78 bits per heavy atom. The summed E-state index contributed by atoms with van der Waals surface area (Å²) in [6.45, 7) is 7.50. The van der Waals surface area contributed by atoms with Gasteiger partial charge in [0.15, 0.2) is 0 Å². The highest BCUT2D eigenvalue weighted by Gasteiger charge is 2.31. The van der Waals surface area contributed by atoms with Crippen LogP contribution in [0.2, 0.25) is 5.15 Å². The molecule has 0 unspecified atom stereocenters. The standard InChI is InChI=1S/C12H8ClN7.C10H20N2/c13-10-5-17-12-16-3-7(6-19(10)12)8-1-2-20-9(8)4-15-11(14)18-20;1-9-7-10(8-9)12-5-3-11(2)4-6-12/h1-6H,(H2,14,18);9-10H,3-8H2,1-2H3. The average Bonchev–Trinajstić information content (AvgIpc) is 3.35. The molecule has 1 aliphatic heterocycles. The van der Waals surface area contributed by atoms with E-state index in [1.165, 1.54) is 39.0 Å². The van der Waals surface area contributed by atoms with Crippen molar-refractivity contribution in [3.05, 3.63) is 42.2 Å². The van der Waals surface area contributed by atoms with Crippen molar-refractivity contribution >= 4 is 28.8 Å². The summed E-state index contributed by atoms with van der Waals surface area (Å²) in [6.07, 6.45) is 11.6. The van der Waals surface area contributed by atoms with Crippen LogP contribution in [0, 0.1) is 5.92 Å². The maximum absolute atomic E-state index is 6.06. The number of fused-ring (bicyclic) bond motifs is 2. The average molecular weight is 454 g/mol. The predicted octanol–water partition coefficient (Wildman–Crippen LogP) is 2.71. The van der Waals surface area contributed by atoms with E-state index in [-0.39, 0.29) is 5.95 Å². The molecule has 1 aliphatic carbocycles. The van der Waals surface area contributed by atoms with Crippen molar-refractivity contribution in [2.24, 2.45) is 5.92 Å². The minimum atomic E-state index is 0.228. The molecule has 2 fully saturated rings. The van der Waals surface area contributed by atoms with Gasteiger partial charge in [-0.25, -0.2) is 19.5 Å². The highest BCUT2D eigenvalue weighted by atomic mass is 35.5. The fraction of sp³-hybridized carbons (Fsp3) is 0.455. The number of aromatic nitrogens is 6. The number of hydrogen-bond acceptors (Lipinski definition) is 7. The Bertz CT molecular complexity index is 1220. The van der Waals surface area contributed by atoms with Gasteiger partial charge in [0.25, 0.3) is 0 Å². The van der Waals surface area contributed by atoms with E-state index in [9.17, 15) is 0 Å². The van der Waals surface area contributed by atoms with Crippen molar-refractivity contribution in [1.82, 2.24) is 38.8 Å². The largest absolute Gasteiger partial charge is 0.367 e. The molecular formula is C22H28ClN9. The molecule has 5 heterocycles. The van der Waals surface area contributed by atoms with Crippen LogP contribution in [-0.4, -0.2) is 78.0 Å². The lowest BCUT2D eigenvalue weighted by Gasteiger charge is -2.45. The molecule has 0 aromatic carbocycles. The van der Waals surface area contributed by atoms with E-state index in [1.807, 2.05) is 18.5 Å². The highest BCUT2D eigenvalue weighted by Crippen LogP contribution is 2.31. The number of halogens is 1. The van der Waals surface area contributed by atoms with E-state index < -0.39 is 0 Å². The highest BCUT2D eigenvalue weighted by molar-refractivity contribution is 6.29.